The lowest BCUT2D eigenvalue weighted by atomic mass is 10.1. The van der Waals surface area contributed by atoms with E-state index in [1.165, 1.54) is 0 Å². The number of hydrogen-bond acceptors (Lipinski definition) is 6. The van der Waals surface area contributed by atoms with Gasteiger partial charge in [0.2, 0.25) is 0 Å². The zero-order chi connectivity index (χ0) is 15.7. The van der Waals surface area contributed by atoms with Crippen LogP contribution in [0.3, 0.4) is 0 Å². The Labute approximate surface area is 125 Å². The van der Waals surface area contributed by atoms with Gasteiger partial charge in [-0.3, -0.25) is 0 Å². The summed E-state index contributed by atoms with van der Waals surface area (Å²) in [5.74, 6) is 1.11. The van der Waals surface area contributed by atoms with E-state index in [2.05, 4.69) is 0 Å². The van der Waals surface area contributed by atoms with Gasteiger partial charge in [0.1, 0.15) is 24.2 Å². The molecule has 1 aromatic carbocycles. The summed E-state index contributed by atoms with van der Waals surface area (Å²) in [5.41, 5.74) is 0.642. The molecule has 6 heteroatoms. The van der Waals surface area contributed by atoms with Gasteiger partial charge in [0.25, 0.3) is 0 Å². The Bertz CT molecular complexity index is 407. The van der Waals surface area contributed by atoms with Gasteiger partial charge in [-0.2, -0.15) is 0 Å². The van der Waals surface area contributed by atoms with E-state index in [0.29, 0.717) is 30.3 Å². The Balaban J connectivity index is 2.52. The van der Waals surface area contributed by atoms with Crippen molar-refractivity contribution in [3.63, 3.8) is 0 Å². The first-order valence-corrected chi connectivity index (χ1v) is 6.82. The van der Waals surface area contributed by atoms with Crippen molar-refractivity contribution in [3.8, 4) is 11.5 Å². The molecule has 0 aliphatic rings. The molecule has 0 aliphatic heterocycles. The average molecular weight is 300 g/mol. The molecule has 0 saturated heterocycles. The molecular weight excluding hydrogens is 276 g/mol. The van der Waals surface area contributed by atoms with Gasteiger partial charge < -0.3 is 29.2 Å². The number of ether oxygens (including phenoxy) is 4. The summed E-state index contributed by atoms with van der Waals surface area (Å²) in [5, 5.41) is 19.5. The minimum Gasteiger partial charge on any atom is -0.497 e. The summed E-state index contributed by atoms with van der Waals surface area (Å²) < 4.78 is 20.7. The van der Waals surface area contributed by atoms with Crippen molar-refractivity contribution in [1.29, 1.82) is 0 Å². The van der Waals surface area contributed by atoms with Gasteiger partial charge in [-0.15, -0.1) is 0 Å². The molecule has 0 fully saturated rings. The first kappa shape index (κ1) is 17.7. The molecule has 0 spiro atoms. The van der Waals surface area contributed by atoms with E-state index in [1.54, 1.807) is 39.3 Å². The number of methoxy groups -OCH3 is 2. The van der Waals surface area contributed by atoms with Crippen molar-refractivity contribution in [2.24, 2.45) is 0 Å². The second-order valence-electron chi connectivity index (χ2n) is 4.61. The van der Waals surface area contributed by atoms with Gasteiger partial charge >= 0.3 is 0 Å². The lowest BCUT2D eigenvalue weighted by Gasteiger charge is -2.17. The van der Waals surface area contributed by atoms with Crippen LogP contribution >= 0.6 is 0 Å². The highest BCUT2D eigenvalue weighted by atomic mass is 16.5. The SMILES string of the molecule is COCCOCC(O)COc1cc(OC)ccc1[C@@H](C)O. The van der Waals surface area contributed by atoms with Crippen molar-refractivity contribution in [2.45, 2.75) is 19.1 Å². The van der Waals surface area contributed by atoms with Crippen molar-refractivity contribution >= 4 is 0 Å². The lowest BCUT2D eigenvalue weighted by Crippen LogP contribution is -2.24. The molecule has 0 radical (unpaired) electrons. The fourth-order valence-corrected chi connectivity index (χ4v) is 1.71. The number of aliphatic hydroxyl groups is 2. The molecule has 1 unspecified atom stereocenters. The van der Waals surface area contributed by atoms with Crippen molar-refractivity contribution in [2.75, 3.05) is 40.6 Å². The molecule has 0 saturated carbocycles. The summed E-state index contributed by atoms with van der Waals surface area (Å²) >= 11 is 0. The standard InChI is InChI=1S/C15H24O6/c1-11(16)14-5-4-13(19-3)8-15(14)21-10-12(17)9-20-7-6-18-2/h4-5,8,11-12,16-17H,6-7,9-10H2,1-3H3/t11-,12?/m1/s1. The van der Waals surface area contributed by atoms with E-state index in [-0.39, 0.29) is 13.2 Å². The van der Waals surface area contributed by atoms with Gasteiger partial charge in [-0.1, -0.05) is 0 Å². The molecule has 1 aromatic rings. The molecule has 0 amide bonds. The molecule has 2 N–H and O–H groups in total. The van der Waals surface area contributed by atoms with Gasteiger partial charge in [-0.05, 0) is 19.1 Å². The van der Waals surface area contributed by atoms with Crippen LogP contribution in [0.5, 0.6) is 11.5 Å². The summed E-state index contributed by atoms with van der Waals surface area (Å²) in [6.07, 6.45) is -1.42. The van der Waals surface area contributed by atoms with Crippen LogP contribution in [-0.2, 0) is 9.47 Å². The van der Waals surface area contributed by atoms with Crippen molar-refractivity contribution in [1.82, 2.24) is 0 Å². The molecule has 2 atom stereocenters. The Morgan fingerprint density at radius 2 is 1.86 bits per heavy atom. The van der Waals surface area contributed by atoms with E-state index >= 15 is 0 Å². The van der Waals surface area contributed by atoms with Gasteiger partial charge in [0.15, 0.2) is 0 Å². The van der Waals surface area contributed by atoms with E-state index in [0.717, 1.165) is 0 Å². The van der Waals surface area contributed by atoms with Crippen LogP contribution in [0.15, 0.2) is 18.2 Å². The van der Waals surface area contributed by atoms with E-state index in [9.17, 15) is 10.2 Å². The smallest absolute Gasteiger partial charge is 0.128 e. The van der Waals surface area contributed by atoms with Gasteiger partial charge in [-0.25, -0.2) is 0 Å². The van der Waals surface area contributed by atoms with Crippen LogP contribution in [0, 0.1) is 0 Å². The molecular formula is C15H24O6. The normalized spacial score (nSPS) is 13.8. The predicted octanol–water partition coefficient (Wildman–Crippen LogP) is 1.15. The Hall–Kier alpha value is -1.34. The first-order chi connectivity index (χ1) is 10.1. The molecule has 0 aromatic heterocycles. The minimum absolute atomic E-state index is 0.0693. The maximum absolute atomic E-state index is 9.78. The van der Waals surface area contributed by atoms with Crippen LogP contribution in [0.1, 0.15) is 18.6 Å². The van der Waals surface area contributed by atoms with Crippen LogP contribution < -0.4 is 9.47 Å². The van der Waals surface area contributed by atoms with Crippen LogP contribution in [0.25, 0.3) is 0 Å². The van der Waals surface area contributed by atoms with Crippen LogP contribution in [-0.4, -0.2) is 57.0 Å². The Morgan fingerprint density at radius 1 is 1.10 bits per heavy atom. The summed E-state index contributed by atoms with van der Waals surface area (Å²) in [7, 11) is 3.14. The van der Waals surface area contributed by atoms with E-state index in [4.69, 9.17) is 18.9 Å². The highest BCUT2D eigenvalue weighted by molar-refractivity contribution is 5.41. The topological polar surface area (TPSA) is 77.4 Å². The fourth-order valence-electron chi connectivity index (χ4n) is 1.71. The summed E-state index contributed by atoms with van der Waals surface area (Å²) in [6, 6.07) is 5.17. The fraction of sp³-hybridized carbons (Fsp3) is 0.600. The number of aliphatic hydroxyl groups excluding tert-OH is 2. The largest absolute Gasteiger partial charge is 0.497 e. The maximum atomic E-state index is 9.78. The third-order valence-electron chi connectivity index (χ3n) is 2.84. The van der Waals surface area contributed by atoms with Crippen molar-refractivity contribution < 1.29 is 29.2 Å². The maximum Gasteiger partial charge on any atom is 0.128 e. The Kier molecular flexibility index (Phi) is 8.07. The Morgan fingerprint density at radius 3 is 2.48 bits per heavy atom. The predicted molar refractivity (Wildman–Crippen MR) is 77.8 cm³/mol. The number of benzene rings is 1. The molecule has 21 heavy (non-hydrogen) atoms. The van der Waals surface area contributed by atoms with Gasteiger partial charge in [0, 0.05) is 18.7 Å². The molecule has 1 rings (SSSR count). The molecule has 0 aliphatic carbocycles. The average Bonchev–Trinajstić information content (AvgIpc) is 2.49. The first-order valence-electron chi connectivity index (χ1n) is 6.82. The highest BCUT2D eigenvalue weighted by Gasteiger charge is 2.13. The van der Waals surface area contributed by atoms with Crippen LogP contribution in [0.2, 0.25) is 0 Å². The number of hydrogen-bond donors (Lipinski definition) is 2. The third kappa shape index (κ3) is 6.31. The number of rotatable bonds is 10. The van der Waals surface area contributed by atoms with Gasteiger partial charge in [0.05, 0.1) is 33.0 Å². The zero-order valence-corrected chi connectivity index (χ0v) is 12.7. The second-order valence-corrected chi connectivity index (χ2v) is 4.61. The molecule has 6 nitrogen and oxygen atoms in total. The van der Waals surface area contributed by atoms with Crippen LogP contribution in [0.4, 0.5) is 0 Å². The monoisotopic (exact) mass is 300 g/mol. The van der Waals surface area contributed by atoms with E-state index < -0.39 is 12.2 Å². The lowest BCUT2D eigenvalue weighted by molar-refractivity contribution is -0.00462. The third-order valence-corrected chi connectivity index (χ3v) is 2.84. The quantitative estimate of drug-likeness (QED) is 0.631. The highest BCUT2D eigenvalue weighted by Crippen LogP contribution is 2.29. The summed E-state index contributed by atoms with van der Waals surface area (Å²) in [4.78, 5) is 0. The molecule has 120 valence electrons. The molecule has 0 bridgehead atoms. The second kappa shape index (κ2) is 9.57. The minimum atomic E-state index is -0.755. The van der Waals surface area contributed by atoms with Crippen molar-refractivity contribution in [3.05, 3.63) is 23.8 Å². The molecule has 0 heterocycles. The zero-order valence-electron chi connectivity index (χ0n) is 12.7. The van der Waals surface area contributed by atoms with E-state index in [1.807, 2.05) is 0 Å². The summed E-state index contributed by atoms with van der Waals surface area (Å²) in [6.45, 7) is 2.79.